The van der Waals surface area contributed by atoms with Gasteiger partial charge in [0.15, 0.2) is 0 Å². The third-order valence-electron chi connectivity index (χ3n) is 1.86. The Morgan fingerprint density at radius 2 is 1.86 bits per heavy atom. The summed E-state index contributed by atoms with van der Waals surface area (Å²) in [7, 11) is -4.30. The molecule has 0 amide bonds. The minimum atomic E-state index is -4.30. The Labute approximate surface area is 82.2 Å². The highest BCUT2D eigenvalue weighted by Crippen LogP contribution is 2.43. The van der Waals surface area contributed by atoms with E-state index in [1.807, 2.05) is 0 Å². The molecule has 1 aromatic rings. The summed E-state index contributed by atoms with van der Waals surface area (Å²) in [5.41, 5.74) is 6.25. The predicted octanol–water partition coefficient (Wildman–Crippen LogP) is 1.16. The number of nitrogens with two attached hydrogens (primary N) is 1. The van der Waals surface area contributed by atoms with Crippen LogP contribution in [0.4, 0.5) is 0 Å². The highest BCUT2D eigenvalue weighted by molar-refractivity contribution is 7.53. The molecular formula is C9H12NO3P. The Hall–Kier alpha value is -0.930. The molecule has 0 aliphatic rings. The van der Waals surface area contributed by atoms with E-state index in [9.17, 15) is 4.57 Å². The molecule has 0 spiro atoms. The summed E-state index contributed by atoms with van der Waals surface area (Å²) < 4.78 is 10.9. The maximum absolute atomic E-state index is 10.9. The monoisotopic (exact) mass is 213 g/mol. The molecule has 0 fully saturated rings. The van der Waals surface area contributed by atoms with Gasteiger partial charge in [0.05, 0.1) is 0 Å². The van der Waals surface area contributed by atoms with Gasteiger partial charge in [-0.1, -0.05) is 36.9 Å². The first kappa shape index (κ1) is 11.1. The summed E-state index contributed by atoms with van der Waals surface area (Å²) in [5, 5.41) is 0. The van der Waals surface area contributed by atoms with Gasteiger partial charge < -0.3 is 15.5 Å². The largest absolute Gasteiger partial charge is 0.346 e. The van der Waals surface area contributed by atoms with Crippen molar-refractivity contribution in [3.63, 3.8) is 0 Å². The summed E-state index contributed by atoms with van der Waals surface area (Å²) in [6.45, 7) is 3.57. The first-order valence-corrected chi connectivity index (χ1v) is 5.66. The molecule has 14 heavy (non-hydrogen) atoms. The van der Waals surface area contributed by atoms with Gasteiger partial charge >= 0.3 is 7.60 Å². The number of hydrogen-bond acceptors (Lipinski definition) is 2. The van der Waals surface area contributed by atoms with E-state index in [0.29, 0.717) is 5.56 Å². The van der Waals surface area contributed by atoms with E-state index in [-0.39, 0.29) is 5.57 Å². The first-order valence-electron chi connectivity index (χ1n) is 3.98. The molecule has 1 aromatic carbocycles. The number of rotatable bonds is 3. The lowest BCUT2D eigenvalue weighted by atomic mass is 10.1. The van der Waals surface area contributed by atoms with Crippen molar-refractivity contribution < 1.29 is 14.4 Å². The zero-order valence-electron chi connectivity index (χ0n) is 7.50. The van der Waals surface area contributed by atoms with Gasteiger partial charge in [-0.25, -0.2) is 0 Å². The number of benzene rings is 1. The molecule has 1 rings (SSSR count). The van der Waals surface area contributed by atoms with Crippen LogP contribution in [-0.4, -0.2) is 15.6 Å². The highest BCUT2D eigenvalue weighted by atomic mass is 31.2. The molecule has 1 atom stereocenters. The third kappa shape index (κ3) is 2.53. The smallest absolute Gasteiger partial charge is 0.323 e. The van der Waals surface area contributed by atoms with Crippen LogP contribution in [0.5, 0.6) is 0 Å². The SMILES string of the molecule is C=C(c1ccccc1)[C@H](N)P(=O)(O)O. The summed E-state index contributed by atoms with van der Waals surface area (Å²) in [6, 6.07) is 8.73. The molecule has 0 saturated heterocycles. The lowest BCUT2D eigenvalue weighted by molar-refractivity contribution is 0.367. The summed E-state index contributed by atoms with van der Waals surface area (Å²) in [4.78, 5) is 17.7. The van der Waals surface area contributed by atoms with Crippen LogP contribution in [0.2, 0.25) is 0 Å². The van der Waals surface area contributed by atoms with Crippen molar-refractivity contribution in [3.8, 4) is 0 Å². The van der Waals surface area contributed by atoms with Gasteiger partial charge in [-0.05, 0) is 11.1 Å². The molecule has 0 aliphatic heterocycles. The maximum Gasteiger partial charge on any atom is 0.346 e. The van der Waals surface area contributed by atoms with Crippen molar-refractivity contribution in [2.75, 3.05) is 0 Å². The zero-order chi connectivity index (χ0) is 10.8. The standard InChI is InChI=1S/C9H12NO3P/c1-7(9(10)14(11,12)13)8-5-3-2-4-6-8/h2-6,9H,1,10H2,(H2,11,12,13)/t9-/m1/s1. The molecule has 0 bridgehead atoms. The van der Waals surface area contributed by atoms with Crippen molar-refractivity contribution in [1.82, 2.24) is 0 Å². The van der Waals surface area contributed by atoms with Crippen molar-refractivity contribution in [1.29, 1.82) is 0 Å². The van der Waals surface area contributed by atoms with Gasteiger partial charge in [0.25, 0.3) is 0 Å². The van der Waals surface area contributed by atoms with Crippen molar-refractivity contribution in [2.24, 2.45) is 5.73 Å². The Morgan fingerprint density at radius 3 is 2.29 bits per heavy atom. The second-order valence-corrected chi connectivity index (χ2v) is 4.66. The number of hydrogen-bond donors (Lipinski definition) is 3. The van der Waals surface area contributed by atoms with Crippen molar-refractivity contribution in [2.45, 2.75) is 5.78 Å². The van der Waals surface area contributed by atoms with Gasteiger partial charge in [0, 0.05) is 0 Å². The molecule has 0 unspecified atom stereocenters. The van der Waals surface area contributed by atoms with E-state index in [2.05, 4.69) is 6.58 Å². The van der Waals surface area contributed by atoms with E-state index >= 15 is 0 Å². The average molecular weight is 213 g/mol. The topological polar surface area (TPSA) is 83.6 Å². The molecule has 0 radical (unpaired) electrons. The average Bonchev–Trinajstić information content (AvgIpc) is 2.15. The normalized spacial score (nSPS) is 13.6. The van der Waals surface area contributed by atoms with Crippen LogP contribution in [0.3, 0.4) is 0 Å². The maximum atomic E-state index is 10.9. The molecule has 0 aromatic heterocycles. The molecule has 0 heterocycles. The molecule has 4 nitrogen and oxygen atoms in total. The summed E-state index contributed by atoms with van der Waals surface area (Å²) in [6.07, 6.45) is 0. The Bertz CT molecular complexity index is 371. The van der Waals surface area contributed by atoms with Crippen LogP contribution in [0.25, 0.3) is 5.57 Å². The lowest BCUT2D eigenvalue weighted by Gasteiger charge is -2.16. The fourth-order valence-corrected chi connectivity index (χ4v) is 1.58. The van der Waals surface area contributed by atoms with Gasteiger partial charge in [-0.2, -0.15) is 0 Å². The van der Waals surface area contributed by atoms with Gasteiger partial charge in [0.2, 0.25) is 0 Å². The van der Waals surface area contributed by atoms with E-state index in [1.54, 1.807) is 30.3 Å². The molecule has 0 saturated carbocycles. The van der Waals surface area contributed by atoms with E-state index in [0.717, 1.165) is 0 Å². The van der Waals surface area contributed by atoms with Crippen molar-refractivity contribution >= 4 is 13.2 Å². The fourth-order valence-electron chi connectivity index (χ4n) is 1.03. The second-order valence-electron chi connectivity index (χ2n) is 2.93. The molecule has 5 heteroatoms. The Kier molecular flexibility index (Phi) is 3.24. The van der Waals surface area contributed by atoms with E-state index in [1.165, 1.54) is 0 Å². The Balaban J connectivity index is 2.93. The van der Waals surface area contributed by atoms with Crippen LogP contribution in [0.15, 0.2) is 36.9 Å². The van der Waals surface area contributed by atoms with Crippen LogP contribution in [-0.2, 0) is 4.57 Å². The fraction of sp³-hybridized carbons (Fsp3) is 0.111. The molecule has 76 valence electrons. The Morgan fingerprint density at radius 1 is 1.36 bits per heavy atom. The zero-order valence-corrected chi connectivity index (χ0v) is 8.39. The van der Waals surface area contributed by atoms with Gasteiger partial charge in [-0.3, -0.25) is 4.57 Å². The van der Waals surface area contributed by atoms with Crippen LogP contribution >= 0.6 is 7.60 Å². The van der Waals surface area contributed by atoms with Gasteiger partial charge in [-0.15, -0.1) is 0 Å². The first-order chi connectivity index (χ1) is 6.43. The van der Waals surface area contributed by atoms with Crippen LogP contribution in [0.1, 0.15) is 5.56 Å². The molecular weight excluding hydrogens is 201 g/mol. The lowest BCUT2D eigenvalue weighted by Crippen LogP contribution is -2.21. The van der Waals surface area contributed by atoms with E-state index in [4.69, 9.17) is 15.5 Å². The van der Waals surface area contributed by atoms with E-state index < -0.39 is 13.4 Å². The minimum Gasteiger partial charge on any atom is -0.323 e. The molecule has 0 aliphatic carbocycles. The molecule has 4 N–H and O–H groups in total. The van der Waals surface area contributed by atoms with Crippen molar-refractivity contribution in [3.05, 3.63) is 42.5 Å². The van der Waals surface area contributed by atoms with Crippen LogP contribution < -0.4 is 5.73 Å². The van der Waals surface area contributed by atoms with Crippen LogP contribution in [0, 0.1) is 0 Å². The minimum absolute atomic E-state index is 0.249. The predicted molar refractivity (Wildman–Crippen MR) is 55.5 cm³/mol. The quantitative estimate of drug-likeness (QED) is 0.658. The summed E-state index contributed by atoms with van der Waals surface area (Å²) in [5.74, 6) is -1.33. The highest BCUT2D eigenvalue weighted by Gasteiger charge is 2.27. The second kappa shape index (κ2) is 4.07. The van der Waals surface area contributed by atoms with Gasteiger partial charge in [0.1, 0.15) is 5.78 Å². The summed E-state index contributed by atoms with van der Waals surface area (Å²) >= 11 is 0. The third-order valence-corrected chi connectivity index (χ3v) is 2.90.